The van der Waals surface area contributed by atoms with Gasteiger partial charge in [-0.1, -0.05) is 115 Å². The molecule has 366 valence electrons. The number of rotatable bonds is 23. The van der Waals surface area contributed by atoms with Gasteiger partial charge in [0.25, 0.3) is 0 Å². The molecule has 0 bridgehead atoms. The second kappa shape index (κ2) is 23.2. The lowest BCUT2D eigenvalue weighted by Crippen LogP contribution is -2.59. The number of aromatic nitrogens is 2. The summed E-state index contributed by atoms with van der Waals surface area (Å²) in [5, 5.41) is 44.8. The van der Waals surface area contributed by atoms with E-state index in [0.717, 1.165) is 10.8 Å². The molecule has 21 nitrogen and oxygen atoms in total. The van der Waals surface area contributed by atoms with Gasteiger partial charge < -0.3 is 41.1 Å². The van der Waals surface area contributed by atoms with Crippen LogP contribution in [-0.4, -0.2) is 90.4 Å². The molecule has 1 heterocycles. The predicted octanol–water partition coefficient (Wildman–Crippen LogP) is 4.28. The molecule has 71 heavy (non-hydrogen) atoms. The second-order valence-corrected chi connectivity index (χ2v) is 17.6. The van der Waals surface area contributed by atoms with E-state index in [4.69, 9.17) is 9.52 Å². The molecule has 6 aromatic carbocycles. The summed E-state index contributed by atoms with van der Waals surface area (Å²) < 4.78 is 20.8. The average Bonchev–Trinajstić information content (AvgIpc) is 3.84. The Balaban J connectivity index is 1.11. The van der Waals surface area contributed by atoms with Crippen LogP contribution in [0.1, 0.15) is 28.7 Å². The van der Waals surface area contributed by atoms with Gasteiger partial charge in [-0.15, -0.1) is 0 Å². The van der Waals surface area contributed by atoms with E-state index >= 15 is 0 Å². The zero-order valence-electron chi connectivity index (χ0n) is 37.6. The van der Waals surface area contributed by atoms with Crippen LogP contribution in [-0.2, 0) is 54.2 Å². The van der Waals surface area contributed by atoms with Crippen molar-refractivity contribution in [1.82, 2.24) is 31.6 Å². The first kappa shape index (κ1) is 50.4. The number of aliphatic carboxylic acids is 1. The monoisotopic (exact) mass is 987 g/mol. The Morgan fingerprint density at radius 2 is 1.13 bits per heavy atom. The van der Waals surface area contributed by atoms with E-state index in [-0.39, 0.29) is 61.1 Å². The van der Waals surface area contributed by atoms with Crippen molar-refractivity contribution in [2.45, 2.75) is 56.3 Å². The molecule has 0 radical (unpaired) electrons. The van der Waals surface area contributed by atoms with E-state index in [9.17, 15) is 48.7 Å². The van der Waals surface area contributed by atoms with Crippen molar-refractivity contribution in [2.75, 3.05) is 11.9 Å². The topological polar surface area (TPSA) is 317 Å². The molecule has 0 saturated heterocycles. The van der Waals surface area contributed by atoms with Crippen molar-refractivity contribution in [3.05, 3.63) is 172 Å². The number of carboxylic acid groups (broad SMARTS) is 1. The largest absolute Gasteiger partial charge is 0.690 e. The smallest absolute Gasteiger partial charge is 0.480 e. The summed E-state index contributed by atoms with van der Waals surface area (Å²) in [6.07, 6.45) is -0.544. The Morgan fingerprint density at radius 1 is 0.634 bits per heavy atom. The summed E-state index contributed by atoms with van der Waals surface area (Å²) in [6, 6.07) is 33.3. The van der Waals surface area contributed by atoms with Gasteiger partial charge in [-0.3, -0.25) is 34.2 Å². The highest BCUT2D eigenvalue weighted by atomic mass is 31.2. The van der Waals surface area contributed by atoms with Crippen LogP contribution in [0.4, 0.5) is 11.4 Å². The van der Waals surface area contributed by atoms with E-state index in [2.05, 4.69) is 41.4 Å². The Morgan fingerprint density at radius 3 is 1.70 bits per heavy atom. The number of nitrogens with one attached hydrogen (secondary N) is 5. The number of carbonyl (C=O) groups excluding carboxylic acids is 4. The highest BCUT2D eigenvalue weighted by Gasteiger charge is 2.33. The molecule has 22 heteroatoms. The molecule has 1 aromatic heterocycles. The molecule has 0 aliphatic rings. The van der Waals surface area contributed by atoms with Crippen molar-refractivity contribution >= 4 is 70.6 Å². The van der Waals surface area contributed by atoms with Crippen LogP contribution in [0.15, 0.2) is 144 Å². The number of benzene rings is 6. The van der Waals surface area contributed by atoms with Crippen molar-refractivity contribution < 1.29 is 57.5 Å². The van der Waals surface area contributed by atoms with Gasteiger partial charge in [0.2, 0.25) is 29.1 Å². The fourth-order valence-electron chi connectivity index (χ4n) is 7.73. The van der Waals surface area contributed by atoms with Gasteiger partial charge in [-0.2, -0.15) is 4.57 Å². The summed E-state index contributed by atoms with van der Waals surface area (Å²) in [4.78, 5) is 96.6. The number of carboxylic acids is 1. The number of hydrogen-bond acceptors (Lipinski definition) is 13. The van der Waals surface area contributed by atoms with E-state index in [1.54, 1.807) is 60.7 Å². The highest BCUT2D eigenvalue weighted by molar-refractivity contribution is 7.46. The third kappa shape index (κ3) is 14.3. The summed E-state index contributed by atoms with van der Waals surface area (Å²) in [5.41, 5.74) is 2.38. The van der Waals surface area contributed by atoms with E-state index < -0.39 is 66.5 Å². The van der Waals surface area contributed by atoms with Crippen molar-refractivity contribution in [3.8, 4) is 5.75 Å². The zero-order valence-corrected chi connectivity index (χ0v) is 38.5. The molecule has 0 aliphatic carbocycles. The Labute approximate surface area is 404 Å². The first-order valence-electron chi connectivity index (χ1n) is 22.1. The molecule has 4 unspecified atom stereocenters. The molecule has 7 aromatic rings. The first-order chi connectivity index (χ1) is 34.1. The zero-order chi connectivity index (χ0) is 50.5. The Hall–Kier alpha value is -8.52. The third-order valence-electron chi connectivity index (χ3n) is 11.2. The lowest BCUT2D eigenvalue weighted by molar-refractivity contribution is -0.383. The van der Waals surface area contributed by atoms with E-state index in [0.29, 0.717) is 27.9 Å². The number of nitrogens with zero attached hydrogens (tertiary/aromatic N) is 3. The standard InChI is InChI=1S/C49H47N8O13P/c58-43(23-24-50-37-21-22-42(57(64)65)45-44(37)55-70-56-45)51-38(29-33-15-18-34-13-7-8-14-35(34)25-33)46(59)52-39(26-30-9-3-1-4-10-30)47(60)53-40(27-31-11-5-2-6-12-31)48(61)54-41(49(62)63)28-32-16-19-36(20-17-32)69-71(66,67)68/h1-22,25,38-41,50H,23-24,26-29H2,(H,51,58)(H,52,59)(H,53,60)(H,54,61)(H,62,63)(H2,66,67,68)/p+1/t38?,39?,40-,41?/m1/s1. The number of nitro benzene ring substituents is 1. The van der Waals surface area contributed by atoms with Gasteiger partial charge in [-0.25, -0.2) is 9.42 Å². The molecule has 9 N–H and O–H groups in total. The van der Waals surface area contributed by atoms with Crippen LogP contribution in [0.5, 0.6) is 5.75 Å². The molecule has 0 spiro atoms. The number of carbonyl (C=O) groups is 5. The minimum atomic E-state index is -4.60. The number of hydrogen-bond donors (Lipinski definition) is 7. The number of nitro groups is 1. The number of anilines is 1. The fourth-order valence-corrected chi connectivity index (χ4v) is 8.14. The quantitative estimate of drug-likeness (QED) is 0.0204. The van der Waals surface area contributed by atoms with Gasteiger partial charge in [0.1, 0.15) is 29.9 Å². The summed E-state index contributed by atoms with van der Waals surface area (Å²) in [5.74, 6) is -4.41. The van der Waals surface area contributed by atoms with Crippen molar-refractivity contribution in [3.63, 3.8) is 0 Å². The molecule has 4 amide bonds. The molecular formula is C49H48N8O13P+. The average molecular weight is 988 g/mol. The third-order valence-corrected chi connectivity index (χ3v) is 11.7. The van der Waals surface area contributed by atoms with Gasteiger partial charge in [0, 0.05) is 44.7 Å². The van der Waals surface area contributed by atoms with Crippen LogP contribution < -0.4 is 31.1 Å². The Bertz CT molecular complexity index is 3080. The van der Waals surface area contributed by atoms with Crippen LogP contribution >= 0.6 is 7.82 Å². The summed E-state index contributed by atoms with van der Waals surface area (Å²) >= 11 is 0. The molecule has 7 rings (SSSR count). The van der Waals surface area contributed by atoms with Gasteiger partial charge in [0.05, 0.1) is 10.6 Å². The Kier molecular flexibility index (Phi) is 16.4. The molecule has 0 saturated carbocycles. The molecule has 0 fully saturated rings. The van der Waals surface area contributed by atoms with Gasteiger partial charge in [-0.05, 0) is 61.5 Å². The summed E-state index contributed by atoms with van der Waals surface area (Å²) in [6.45, 7) is 0.00523. The number of non-ortho nitro benzene ring substituents is 1. The van der Waals surface area contributed by atoms with Gasteiger partial charge in [0.15, 0.2) is 5.52 Å². The van der Waals surface area contributed by atoms with Crippen LogP contribution in [0.3, 0.4) is 0 Å². The maximum absolute atomic E-state index is 14.6. The number of fused-ring (bicyclic) bond motifs is 2. The van der Waals surface area contributed by atoms with Crippen LogP contribution in [0, 0.1) is 10.1 Å². The minimum absolute atomic E-state index is 0.000920. The summed E-state index contributed by atoms with van der Waals surface area (Å²) in [7, 11) is -4.60. The minimum Gasteiger partial charge on any atom is -0.480 e. The van der Waals surface area contributed by atoms with Gasteiger partial charge >= 0.3 is 19.5 Å². The van der Waals surface area contributed by atoms with Crippen molar-refractivity contribution in [2.24, 2.45) is 0 Å². The maximum atomic E-state index is 14.6. The molecule has 0 aliphatic heterocycles. The second-order valence-electron chi connectivity index (χ2n) is 16.4. The van der Waals surface area contributed by atoms with Crippen molar-refractivity contribution in [1.29, 1.82) is 0 Å². The fraction of sp³-hybridized carbons (Fsp3) is 0.204. The lowest BCUT2D eigenvalue weighted by atomic mass is 9.99. The van der Waals surface area contributed by atoms with E-state index in [1.165, 1.54) is 36.4 Å². The SMILES string of the molecule is O=C(CCNc1ccc([N+](=O)[O-])c2nonc12)NC(Cc1ccc2ccccc2c1)C(=O)NC(Cc1ccccc1)C(=O)N[C@H](Cc1ccccc1)C(=O)NC(Cc1ccc(OP(=O)(O)[OH2+])cc1)C(=O)O. The molecule has 5 atom stereocenters. The van der Waals surface area contributed by atoms with E-state index in [1.807, 2.05) is 42.5 Å². The highest BCUT2D eigenvalue weighted by Crippen LogP contribution is 2.37. The first-order valence-corrected chi connectivity index (χ1v) is 23.6. The van der Waals surface area contributed by atoms with Crippen LogP contribution in [0.2, 0.25) is 0 Å². The predicted molar refractivity (Wildman–Crippen MR) is 259 cm³/mol. The normalized spacial score (nSPS) is 13.7. The molecular weight excluding hydrogens is 940 g/mol. The van der Waals surface area contributed by atoms with Crippen LogP contribution in [0.25, 0.3) is 21.8 Å². The lowest BCUT2D eigenvalue weighted by Gasteiger charge is -2.26. The maximum Gasteiger partial charge on any atom is 0.690 e. The number of amides is 4.